The van der Waals surface area contributed by atoms with Crippen LogP contribution in [-0.2, 0) is 0 Å². The fraction of sp³-hybridized carbons (Fsp3) is 1.00. The van der Waals surface area contributed by atoms with Gasteiger partial charge in [-0.05, 0) is 55.9 Å². The van der Waals surface area contributed by atoms with Crippen molar-refractivity contribution in [3.8, 4) is 0 Å². The molecule has 2 aliphatic carbocycles. The molecule has 0 aromatic heterocycles. The van der Waals surface area contributed by atoms with E-state index in [1.807, 2.05) is 0 Å². The second-order valence-corrected chi connectivity index (χ2v) is 6.65. The summed E-state index contributed by atoms with van der Waals surface area (Å²) in [5.74, 6) is 4.29. The van der Waals surface area contributed by atoms with Crippen LogP contribution in [0.5, 0.6) is 0 Å². The zero-order valence-corrected chi connectivity index (χ0v) is 11.0. The van der Waals surface area contributed by atoms with Crippen LogP contribution in [0.1, 0.15) is 52.4 Å². The predicted octanol–water partition coefficient (Wildman–Crippen LogP) is 3.54. The summed E-state index contributed by atoms with van der Waals surface area (Å²) in [5, 5.41) is 0. The van der Waals surface area contributed by atoms with Crippen molar-refractivity contribution in [2.45, 2.75) is 58.4 Å². The maximum Gasteiger partial charge on any atom is 0.00983 e. The summed E-state index contributed by atoms with van der Waals surface area (Å²) >= 11 is 0. The van der Waals surface area contributed by atoms with Crippen LogP contribution in [0.4, 0.5) is 0 Å². The summed E-state index contributed by atoms with van der Waals surface area (Å²) in [6.07, 6.45) is 9.12. The second-order valence-electron chi connectivity index (χ2n) is 6.65. The van der Waals surface area contributed by atoms with Crippen molar-refractivity contribution >= 4 is 0 Å². The van der Waals surface area contributed by atoms with Gasteiger partial charge in [-0.3, -0.25) is 0 Å². The first kappa shape index (κ1) is 11.1. The van der Waals surface area contributed by atoms with Crippen molar-refractivity contribution in [2.75, 3.05) is 13.1 Å². The van der Waals surface area contributed by atoms with E-state index in [-0.39, 0.29) is 0 Å². The number of likely N-dealkylation sites (tertiary alicyclic amines) is 1. The van der Waals surface area contributed by atoms with Gasteiger partial charge in [0.1, 0.15) is 0 Å². The van der Waals surface area contributed by atoms with Crippen molar-refractivity contribution in [1.29, 1.82) is 0 Å². The van der Waals surface area contributed by atoms with Gasteiger partial charge >= 0.3 is 0 Å². The minimum absolute atomic E-state index is 0.942. The van der Waals surface area contributed by atoms with Gasteiger partial charge in [-0.15, -0.1) is 0 Å². The lowest BCUT2D eigenvalue weighted by atomic mass is 9.87. The fourth-order valence-electron chi connectivity index (χ4n) is 4.56. The summed E-state index contributed by atoms with van der Waals surface area (Å²) in [6.45, 7) is 7.55. The van der Waals surface area contributed by atoms with Gasteiger partial charge in [0, 0.05) is 12.6 Å². The predicted molar refractivity (Wildman–Crippen MR) is 68.4 cm³/mol. The van der Waals surface area contributed by atoms with Crippen LogP contribution in [0.15, 0.2) is 0 Å². The molecule has 0 aromatic rings. The highest BCUT2D eigenvalue weighted by atomic mass is 15.2. The van der Waals surface area contributed by atoms with Crippen LogP contribution in [-0.4, -0.2) is 24.0 Å². The molecule has 2 bridgehead atoms. The molecule has 0 amide bonds. The van der Waals surface area contributed by atoms with Crippen LogP contribution in [0, 0.1) is 23.7 Å². The van der Waals surface area contributed by atoms with E-state index >= 15 is 0 Å². The Kier molecular flexibility index (Phi) is 2.99. The lowest BCUT2D eigenvalue weighted by molar-refractivity contribution is 0.247. The largest absolute Gasteiger partial charge is 0.300 e. The minimum Gasteiger partial charge on any atom is -0.300 e. The number of nitrogens with zero attached hydrogens (tertiary/aromatic N) is 1. The smallest absolute Gasteiger partial charge is 0.00983 e. The third-order valence-electron chi connectivity index (χ3n) is 5.55. The topological polar surface area (TPSA) is 3.24 Å². The Labute approximate surface area is 101 Å². The van der Waals surface area contributed by atoms with Gasteiger partial charge < -0.3 is 4.90 Å². The Bertz CT molecular complexity index is 250. The Morgan fingerprint density at radius 1 is 1.12 bits per heavy atom. The van der Waals surface area contributed by atoms with Crippen LogP contribution < -0.4 is 0 Å². The first-order chi connectivity index (χ1) is 7.78. The second kappa shape index (κ2) is 4.33. The molecule has 1 nitrogen and oxygen atoms in total. The van der Waals surface area contributed by atoms with E-state index in [4.69, 9.17) is 0 Å². The lowest BCUT2D eigenvalue weighted by Gasteiger charge is -2.22. The van der Waals surface area contributed by atoms with Gasteiger partial charge in [0.05, 0.1) is 0 Å². The molecule has 1 aliphatic heterocycles. The SMILES string of the molecule is CCN1CC2CC(C)C3CC3CCCC1C2. The lowest BCUT2D eigenvalue weighted by Crippen LogP contribution is -2.29. The Balaban J connectivity index is 1.67. The maximum atomic E-state index is 2.76. The molecular weight excluding hydrogens is 194 g/mol. The van der Waals surface area contributed by atoms with E-state index < -0.39 is 0 Å². The van der Waals surface area contributed by atoms with Crippen molar-refractivity contribution in [3.63, 3.8) is 0 Å². The van der Waals surface area contributed by atoms with Crippen LogP contribution in [0.3, 0.4) is 0 Å². The van der Waals surface area contributed by atoms with Crippen LogP contribution in [0.2, 0.25) is 0 Å². The average Bonchev–Trinajstić information content (AvgIpc) is 2.94. The third-order valence-corrected chi connectivity index (χ3v) is 5.55. The molecule has 1 saturated heterocycles. The summed E-state index contributed by atoms with van der Waals surface area (Å²) in [7, 11) is 0. The number of hydrogen-bond acceptors (Lipinski definition) is 1. The number of rotatable bonds is 1. The van der Waals surface area contributed by atoms with E-state index in [2.05, 4.69) is 18.7 Å². The third kappa shape index (κ3) is 2.03. The van der Waals surface area contributed by atoms with E-state index in [1.165, 1.54) is 45.2 Å². The zero-order chi connectivity index (χ0) is 11.1. The highest BCUT2D eigenvalue weighted by molar-refractivity contribution is 4.94. The minimum atomic E-state index is 0.942. The molecule has 2 saturated carbocycles. The van der Waals surface area contributed by atoms with Crippen molar-refractivity contribution < 1.29 is 0 Å². The first-order valence-electron chi connectivity index (χ1n) is 7.52. The monoisotopic (exact) mass is 221 g/mol. The van der Waals surface area contributed by atoms with Crippen LogP contribution >= 0.6 is 0 Å². The molecular formula is C15H27N. The molecule has 0 aromatic carbocycles. The standard InChI is InChI=1S/C15H27N/c1-3-16-10-12-7-11(2)15-9-13(15)5-4-6-14(16)8-12/h11-15H,3-10H2,1-2H3. The molecule has 0 spiro atoms. The zero-order valence-electron chi connectivity index (χ0n) is 11.0. The molecule has 5 atom stereocenters. The van der Waals surface area contributed by atoms with Crippen LogP contribution in [0.25, 0.3) is 0 Å². The Morgan fingerprint density at radius 3 is 2.81 bits per heavy atom. The highest BCUT2D eigenvalue weighted by Gasteiger charge is 2.43. The van der Waals surface area contributed by atoms with E-state index in [1.54, 1.807) is 6.42 Å². The molecule has 5 unspecified atom stereocenters. The summed E-state index contributed by atoms with van der Waals surface area (Å²) in [6, 6.07) is 0.942. The molecule has 92 valence electrons. The molecule has 3 rings (SSSR count). The Morgan fingerprint density at radius 2 is 2.00 bits per heavy atom. The fourth-order valence-corrected chi connectivity index (χ4v) is 4.56. The quantitative estimate of drug-likeness (QED) is 0.654. The van der Waals surface area contributed by atoms with Crippen molar-refractivity contribution in [3.05, 3.63) is 0 Å². The molecule has 3 aliphatic rings. The Hall–Kier alpha value is -0.0400. The summed E-state index contributed by atoms with van der Waals surface area (Å²) in [4.78, 5) is 2.76. The molecule has 0 radical (unpaired) electrons. The highest BCUT2D eigenvalue weighted by Crippen LogP contribution is 2.50. The number of hydrogen-bond donors (Lipinski definition) is 0. The van der Waals surface area contributed by atoms with Gasteiger partial charge in [0.15, 0.2) is 0 Å². The normalized spacial score (nSPS) is 48.8. The van der Waals surface area contributed by atoms with E-state index in [0.717, 1.165) is 29.7 Å². The summed E-state index contributed by atoms with van der Waals surface area (Å²) in [5.41, 5.74) is 0. The van der Waals surface area contributed by atoms with Gasteiger partial charge in [-0.2, -0.15) is 0 Å². The molecule has 1 heterocycles. The molecule has 3 fully saturated rings. The van der Waals surface area contributed by atoms with Gasteiger partial charge in [0.2, 0.25) is 0 Å². The van der Waals surface area contributed by atoms with Crippen molar-refractivity contribution in [1.82, 2.24) is 4.90 Å². The van der Waals surface area contributed by atoms with E-state index in [9.17, 15) is 0 Å². The van der Waals surface area contributed by atoms with Gasteiger partial charge in [-0.25, -0.2) is 0 Å². The first-order valence-corrected chi connectivity index (χ1v) is 7.52. The number of fused-ring (bicyclic) bond motifs is 3. The average molecular weight is 221 g/mol. The molecule has 1 heteroatoms. The maximum absolute atomic E-state index is 2.76. The molecule has 0 N–H and O–H groups in total. The van der Waals surface area contributed by atoms with E-state index in [0.29, 0.717) is 0 Å². The molecule has 16 heavy (non-hydrogen) atoms. The summed E-state index contributed by atoms with van der Waals surface area (Å²) < 4.78 is 0. The van der Waals surface area contributed by atoms with Gasteiger partial charge in [-0.1, -0.05) is 26.7 Å². The van der Waals surface area contributed by atoms with Crippen molar-refractivity contribution in [2.24, 2.45) is 23.7 Å². The van der Waals surface area contributed by atoms with Gasteiger partial charge in [0.25, 0.3) is 0 Å².